The molecule has 6 nitrogen and oxygen atoms in total. The lowest BCUT2D eigenvalue weighted by Gasteiger charge is -2.32. The quantitative estimate of drug-likeness (QED) is 0.837. The number of carbonyl (C=O) groups excluding carboxylic acids is 1. The van der Waals surface area contributed by atoms with Gasteiger partial charge in [0.05, 0.1) is 11.9 Å². The Hall–Kier alpha value is -1.86. The summed E-state index contributed by atoms with van der Waals surface area (Å²) in [6, 6.07) is 0. The van der Waals surface area contributed by atoms with Gasteiger partial charge in [0.2, 0.25) is 0 Å². The zero-order valence-corrected chi connectivity index (χ0v) is 12.9. The molecular weight excluding hydrogens is 286 g/mol. The molecular formula is C14H17N5OS. The van der Waals surface area contributed by atoms with Crippen molar-refractivity contribution in [2.45, 2.75) is 6.92 Å². The fourth-order valence-electron chi connectivity index (χ4n) is 2.27. The van der Waals surface area contributed by atoms with Crippen LogP contribution in [0.15, 0.2) is 18.6 Å². The number of rotatable bonds is 2. The van der Waals surface area contributed by atoms with Crippen LogP contribution in [0.4, 0.5) is 0 Å². The van der Waals surface area contributed by atoms with Gasteiger partial charge in [-0.3, -0.25) is 14.8 Å². The van der Waals surface area contributed by atoms with E-state index in [2.05, 4.69) is 26.9 Å². The largest absolute Gasteiger partial charge is 0.335 e. The molecule has 0 N–H and O–H groups in total. The van der Waals surface area contributed by atoms with Gasteiger partial charge in [-0.15, -0.1) is 11.3 Å². The van der Waals surface area contributed by atoms with Crippen molar-refractivity contribution in [1.29, 1.82) is 0 Å². The van der Waals surface area contributed by atoms with E-state index in [1.54, 1.807) is 18.6 Å². The number of piperazine rings is 1. The van der Waals surface area contributed by atoms with E-state index < -0.39 is 0 Å². The van der Waals surface area contributed by atoms with Gasteiger partial charge < -0.3 is 9.80 Å². The average Bonchev–Trinajstić information content (AvgIpc) is 2.90. The van der Waals surface area contributed by atoms with Gasteiger partial charge in [0.25, 0.3) is 5.91 Å². The van der Waals surface area contributed by atoms with E-state index in [9.17, 15) is 4.79 Å². The van der Waals surface area contributed by atoms with Crippen LogP contribution in [0.2, 0.25) is 0 Å². The minimum atomic E-state index is 0.0771. The second kappa shape index (κ2) is 5.87. The van der Waals surface area contributed by atoms with Crippen molar-refractivity contribution in [3.63, 3.8) is 0 Å². The summed E-state index contributed by atoms with van der Waals surface area (Å²) in [5.74, 6) is 0.0771. The minimum absolute atomic E-state index is 0.0771. The Morgan fingerprint density at radius 2 is 2.00 bits per heavy atom. The standard InChI is InChI=1S/C14H17N5OS/c1-10-12(14(20)19-7-5-18(2)6-8-19)21-13(17-10)11-9-15-3-4-16-11/h3-4,9H,5-8H2,1-2H3. The second-order valence-corrected chi connectivity index (χ2v) is 6.12. The van der Waals surface area contributed by atoms with Gasteiger partial charge in [-0.1, -0.05) is 0 Å². The van der Waals surface area contributed by atoms with Gasteiger partial charge in [-0.05, 0) is 14.0 Å². The smallest absolute Gasteiger partial charge is 0.265 e. The Kier molecular flexibility index (Phi) is 3.94. The Morgan fingerprint density at radius 3 is 2.67 bits per heavy atom. The number of nitrogens with zero attached hydrogens (tertiary/aromatic N) is 5. The summed E-state index contributed by atoms with van der Waals surface area (Å²) in [6.45, 7) is 5.25. The van der Waals surface area contributed by atoms with Crippen molar-refractivity contribution in [1.82, 2.24) is 24.8 Å². The first-order chi connectivity index (χ1) is 10.1. The van der Waals surface area contributed by atoms with Gasteiger partial charge in [0.1, 0.15) is 15.6 Å². The average molecular weight is 303 g/mol. The molecule has 21 heavy (non-hydrogen) atoms. The van der Waals surface area contributed by atoms with Crippen LogP contribution in [0.25, 0.3) is 10.7 Å². The zero-order chi connectivity index (χ0) is 14.8. The zero-order valence-electron chi connectivity index (χ0n) is 12.1. The molecule has 2 aromatic rings. The molecule has 0 spiro atoms. The topological polar surface area (TPSA) is 62.2 Å². The van der Waals surface area contributed by atoms with Crippen molar-refractivity contribution in [2.75, 3.05) is 33.2 Å². The molecule has 0 unspecified atom stereocenters. The van der Waals surface area contributed by atoms with Crippen LogP contribution in [-0.4, -0.2) is 63.9 Å². The molecule has 0 bridgehead atoms. The lowest BCUT2D eigenvalue weighted by Crippen LogP contribution is -2.47. The number of likely N-dealkylation sites (N-methyl/N-ethyl adjacent to an activating group) is 1. The Balaban J connectivity index is 1.83. The summed E-state index contributed by atoms with van der Waals surface area (Å²) >= 11 is 1.40. The number of hydrogen-bond acceptors (Lipinski definition) is 6. The van der Waals surface area contributed by atoms with Gasteiger partial charge in [-0.25, -0.2) is 4.98 Å². The summed E-state index contributed by atoms with van der Waals surface area (Å²) in [6.07, 6.45) is 4.93. The lowest BCUT2D eigenvalue weighted by molar-refractivity contribution is 0.0668. The van der Waals surface area contributed by atoms with E-state index >= 15 is 0 Å². The molecule has 3 heterocycles. The van der Waals surface area contributed by atoms with Crippen LogP contribution >= 0.6 is 11.3 Å². The fourth-order valence-corrected chi connectivity index (χ4v) is 3.26. The van der Waals surface area contributed by atoms with E-state index in [1.807, 2.05) is 11.8 Å². The third kappa shape index (κ3) is 2.93. The second-order valence-electron chi connectivity index (χ2n) is 5.12. The number of aromatic nitrogens is 3. The molecule has 1 amide bonds. The summed E-state index contributed by atoms with van der Waals surface area (Å²) in [5.41, 5.74) is 1.48. The minimum Gasteiger partial charge on any atom is -0.335 e. The van der Waals surface area contributed by atoms with Gasteiger partial charge in [0, 0.05) is 38.6 Å². The van der Waals surface area contributed by atoms with Crippen LogP contribution in [0.5, 0.6) is 0 Å². The Morgan fingerprint density at radius 1 is 1.24 bits per heavy atom. The number of carbonyl (C=O) groups is 1. The molecule has 2 aromatic heterocycles. The number of amides is 1. The normalized spacial score (nSPS) is 16.2. The first kappa shape index (κ1) is 14.1. The van der Waals surface area contributed by atoms with E-state index in [0.29, 0.717) is 10.6 Å². The third-order valence-corrected chi connectivity index (χ3v) is 4.73. The molecule has 1 fully saturated rings. The molecule has 7 heteroatoms. The predicted molar refractivity (Wildman–Crippen MR) is 81.3 cm³/mol. The fraction of sp³-hybridized carbons (Fsp3) is 0.429. The highest BCUT2D eigenvalue weighted by molar-refractivity contribution is 7.17. The van der Waals surface area contributed by atoms with Crippen molar-refractivity contribution in [2.24, 2.45) is 0 Å². The molecule has 1 saturated heterocycles. The van der Waals surface area contributed by atoms with Crippen LogP contribution in [0.3, 0.4) is 0 Å². The molecule has 0 aliphatic carbocycles. The molecule has 0 saturated carbocycles. The molecule has 0 aromatic carbocycles. The van der Waals surface area contributed by atoms with Crippen LogP contribution in [-0.2, 0) is 0 Å². The predicted octanol–water partition coefficient (Wildman–Crippen LogP) is 1.30. The maximum absolute atomic E-state index is 12.6. The summed E-state index contributed by atoms with van der Waals surface area (Å²) in [5, 5.41) is 0.748. The summed E-state index contributed by atoms with van der Waals surface area (Å²) in [4.78, 5) is 30.2. The van der Waals surface area contributed by atoms with E-state index in [0.717, 1.165) is 36.9 Å². The Labute approximate surface area is 127 Å². The van der Waals surface area contributed by atoms with Crippen LogP contribution in [0, 0.1) is 6.92 Å². The van der Waals surface area contributed by atoms with Crippen molar-refractivity contribution in [3.8, 4) is 10.7 Å². The van der Waals surface area contributed by atoms with Gasteiger partial charge >= 0.3 is 0 Å². The molecule has 3 rings (SSSR count). The molecule has 110 valence electrons. The summed E-state index contributed by atoms with van der Waals surface area (Å²) in [7, 11) is 2.08. The number of hydrogen-bond donors (Lipinski definition) is 0. The van der Waals surface area contributed by atoms with Crippen molar-refractivity contribution >= 4 is 17.2 Å². The monoisotopic (exact) mass is 303 g/mol. The molecule has 0 atom stereocenters. The highest BCUT2D eigenvalue weighted by atomic mass is 32.1. The van der Waals surface area contributed by atoms with Crippen LogP contribution < -0.4 is 0 Å². The van der Waals surface area contributed by atoms with E-state index in [4.69, 9.17) is 0 Å². The van der Waals surface area contributed by atoms with Gasteiger partial charge in [-0.2, -0.15) is 0 Å². The van der Waals surface area contributed by atoms with E-state index in [-0.39, 0.29) is 5.91 Å². The van der Waals surface area contributed by atoms with Gasteiger partial charge in [0.15, 0.2) is 0 Å². The number of aryl methyl sites for hydroxylation is 1. The first-order valence-corrected chi connectivity index (χ1v) is 7.68. The first-order valence-electron chi connectivity index (χ1n) is 6.87. The SMILES string of the molecule is Cc1nc(-c2cnccn2)sc1C(=O)N1CCN(C)CC1. The third-order valence-electron chi connectivity index (χ3n) is 3.56. The highest BCUT2D eigenvalue weighted by Crippen LogP contribution is 2.27. The lowest BCUT2D eigenvalue weighted by atomic mass is 10.3. The number of thiazole rings is 1. The molecule has 0 radical (unpaired) electrons. The van der Waals surface area contributed by atoms with Crippen molar-refractivity contribution < 1.29 is 4.79 Å². The highest BCUT2D eigenvalue weighted by Gasteiger charge is 2.24. The van der Waals surface area contributed by atoms with Crippen molar-refractivity contribution in [3.05, 3.63) is 29.2 Å². The summed E-state index contributed by atoms with van der Waals surface area (Å²) < 4.78 is 0. The maximum atomic E-state index is 12.6. The molecule has 1 aliphatic heterocycles. The van der Waals surface area contributed by atoms with Crippen LogP contribution in [0.1, 0.15) is 15.4 Å². The molecule has 1 aliphatic rings. The van der Waals surface area contributed by atoms with E-state index in [1.165, 1.54) is 11.3 Å². The Bertz CT molecular complexity index is 634. The maximum Gasteiger partial charge on any atom is 0.265 e.